The van der Waals surface area contributed by atoms with Crippen LogP contribution in [0.5, 0.6) is 0 Å². The van der Waals surface area contributed by atoms with Gasteiger partial charge >= 0.3 is 6.18 Å². The van der Waals surface area contributed by atoms with Crippen LogP contribution in [0.1, 0.15) is 12.5 Å². The van der Waals surface area contributed by atoms with E-state index in [-0.39, 0.29) is 0 Å². The standard InChI is InChI=1S/C11H17F3N4O/c1-8-5-17-18(6-8)4-3-15-9(2)10(19)16-7-11(12,13)14/h5-6,9,15H,3-4,7H2,1-2H3,(H,16,19)/t9-/m1/s1. The summed E-state index contributed by atoms with van der Waals surface area (Å²) in [6.07, 6.45) is -0.836. The van der Waals surface area contributed by atoms with Gasteiger partial charge in [-0.2, -0.15) is 18.3 Å². The summed E-state index contributed by atoms with van der Waals surface area (Å²) < 4.78 is 37.4. The smallest absolute Gasteiger partial charge is 0.346 e. The normalized spacial score (nSPS) is 13.3. The van der Waals surface area contributed by atoms with Gasteiger partial charge in [-0.3, -0.25) is 9.48 Å². The Hall–Kier alpha value is -1.57. The summed E-state index contributed by atoms with van der Waals surface area (Å²) in [7, 11) is 0. The lowest BCUT2D eigenvalue weighted by molar-refractivity contribution is -0.139. The first kappa shape index (κ1) is 15.5. The van der Waals surface area contributed by atoms with Gasteiger partial charge in [0, 0.05) is 12.7 Å². The highest BCUT2D eigenvalue weighted by molar-refractivity contribution is 5.81. The molecule has 0 aliphatic heterocycles. The SMILES string of the molecule is Cc1cnn(CCN[C@H](C)C(=O)NCC(F)(F)F)c1. The number of carbonyl (C=O) groups excluding carboxylic acids is 1. The summed E-state index contributed by atoms with van der Waals surface area (Å²) in [5.74, 6) is -0.672. The Kier molecular flexibility index (Phi) is 5.34. The van der Waals surface area contributed by atoms with Crippen LogP contribution >= 0.6 is 0 Å². The van der Waals surface area contributed by atoms with Crippen molar-refractivity contribution in [1.82, 2.24) is 20.4 Å². The van der Waals surface area contributed by atoms with Crippen molar-refractivity contribution in [3.05, 3.63) is 18.0 Å². The molecule has 8 heteroatoms. The molecule has 19 heavy (non-hydrogen) atoms. The topological polar surface area (TPSA) is 59.0 Å². The first-order valence-electron chi connectivity index (χ1n) is 5.85. The number of hydrogen-bond donors (Lipinski definition) is 2. The Morgan fingerprint density at radius 3 is 2.74 bits per heavy atom. The van der Waals surface area contributed by atoms with Gasteiger partial charge < -0.3 is 10.6 Å². The molecule has 5 nitrogen and oxygen atoms in total. The van der Waals surface area contributed by atoms with Crippen LogP contribution in [0.2, 0.25) is 0 Å². The summed E-state index contributed by atoms with van der Waals surface area (Å²) in [6, 6.07) is -0.681. The van der Waals surface area contributed by atoms with E-state index in [0.29, 0.717) is 13.1 Å². The van der Waals surface area contributed by atoms with Gasteiger partial charge in [0.2, 0.25) is 5.91 Å². The van der Waals surface area contributed by atoms with Crippen molar-refractivity contribution in [3.63, 3.8) is 0 Å². The fourth-order valence-corrected chi connectivity index (χ4v) is 1.42. The van der Waals surface area contributed by atoms with Crippen LogP contribution in [0.3, 0.4) is 0 Å². The molecule has 0 bridgehead atoms. The second kappa shape index (κ2) is 6.55. The van der Waals surface area contributed by atoms with Crippen molar-refractivity contribution in [1.29, 1.82) is 0 Å². The molecule has 0 spiro atoms. The maximum Gasteiger partial charge on any atom is 0.405 e. The van der Waals surface area contributed by atoms with Crippen LogP contribution in [0, 0.1) is 6.92 Å². The highest BCUT2D eigenvalue weighted by atomic mass is 19.4. The van der Waals surface area contributed by atoms with Gasteiger partial charge in [0.05, 0.1) is 18.8 Å². The molecule has 2 N–H and O–H groups in total. The Balaban J connectivity index is 2.23. The molecule has 108 valence electrons. The van der Waals surface area contributed by atoms with Crippen LogP contribution < -0.4 is 10.6 Å². The molecule has 1 heterocycles. The fourth-order valence-electron chi connectivity index (χ4n) is 1.42. The number of rotatable bonds is 6. The monoisotopic (exact) mass is 278 g/mol. The van der Waals surface area contributed by atoms with Crippen molar-refractivity contribution < 1.29 is 18.0 Å². The van der Waals surface area contributed by atoms with Gasteiger partial charge in [-0.15, -0.1) is 0 Å². The maximum absolute atomic E-state index is 11.9. The van der Waals surface area contributed by atoms with Crippen molar-refractivity contribution in [3.8, 4) is 0 Å². The molecule has 1 atom stereocenters. The molecule has 0 radical (unpaired) electrons. The van der Waals surface area contributed by atoms with E-state index in [9.17, 15) is 18.0 Å². The first-order valence-corrected chi connectivity index (χ1v) is 5.85. The Morgan fingerprint density at radius 1 is 1.53 bits per heavy atom. The van der Waals surface area contributed by atoms with Crippen LogP contribution in [0.4, 0.5) is 13.2 Å². The van der Waals surface area contributed by atoms with E-state index in [1.54, 1.807) is 10.9 Å². The van der Waals surface area contributed by atoms with Gasteiger partial charge in [-0.1, -0.05) is 0 Å². The van der Waals surface area contributed by atoms with Gasteiger partial charge in [-0.25, -0.2) is 0 Å². The van der Waals surface area contributed by atoms with E-state index in [4.69, 9.17) is 0 Å². The third-order valence-electron chi connectivity index (χ3n) is 2.41. The zero-order chi connectivity index (χ0) is 14.5. The molecular formula is C11H17F3N4O. The summed E-state index contributed by atoms with van der Waals surface area (Å²) >= 11 is 0. The lowest BCUT2D eigenvalue weighted by Crippen LogP contribution is -2.45. The van der Waals surface area contributed by atoms with E-state index >= 15 is 0 Å². The van der Waals surface area contributed by atoms with Crippen molar-refractivity contribution in [2.24, 2.45) is 0 Å². The molecule has 1 amide bonds. The Morgan fingerprint density at radius 2 is 2.21 bits per heavy atom. The number of halogens is 3. The summed E-state index contributed by atoms with van der Waals surface area (Å²) in [4.78, 5) is 11.3. The van der Waals surface area contributed by atoms with Crippen LogP contribution in [-0.2, 0) is 11.3 Å². The number of carbonyl (C=O) groups is 1. The largest absolute Gasteiger partial charge is 0.405 e. The Labute approximate surface area is 109 Å². The number of nitrogens with one attached hydrogen (secondary N) is 2. The average Bonchev–Trinajstić information content (AvgIpc) is 2.71. The molecule has 1 rings (SSSR count). The molecule has 0 aliphatic rings. The molecule has 0 saturated heterocycles. The second-order valence-corrected chi connectivity index (χ2v) is 4.29. The van der Waals surface area contributed by atoms with Crippen LogP contribution in [0.25, 0.3) is 0 Å². The number of hydrogen-bond acceptors (Lipinski definition) is 3. The second-order valence-electron chi connectivity index (χ2n) is 4.29. The number of aromatic nitrogens is 2. The highest BCUT2D eigenvalue weighted by Gasteiger charge is 2.28. The van der Waals surface area contributed by atoms with E-state index < -0.39 is 24.7 Å². The van der Waals surface area contributed by atoms with E-state index in [1.807, 2.05) is 18.4 Å². The molecule has 1 aromatic rings. The van der Waals surface area contributed by atoms with Crippen molar-refractivity contribution in [2.45, 2.75) is 32.6 Å². The zero-order valence-electron chi connectivity index (χ0n) is 10.8. The van der Waals surface area contributed by atoms with Crippen molar-refractivity contribution >= 4 is 5.91 Å². The number of nitrogens with zero attached hydrogens (tertiary/aromatic N) is 2. The number of alkyl halides is 3. The molecule has 0 saturated carbocycles. The number of aryl methyl sites for hydroxylation is 1. The minimum Gasteiger partial charge on any atom is -0.346 e. The Bertz CT molecular complexity index is 416. The lowest BCUT2D eigenvalue weighted by Gasteiger charge is -2.15. The predicted molar refractivity (Wildman–Crippen MR) is 63.5 cm³/mol. The molecule has 1 aromatic heterocycles. The zero-order valence-corrected chi connectivity index (χ0v) is 10.8. The van der Waals surface area contributed by atoms with Gasteiger partial charge in [0.1, 0.15) is 6.54 Å². The quantitative estimate of drug-likeness (QED) is 0.811. The fraction of sp³-hybridized carbons (Fsp3) is 0.636. The third-order valence-corrected chi connectivity index (χ3v) is 2.41. The van der Waals surface area contributed by atoms with E-state index in [2.05, 4.69) is 10.4 Å². The van der Waals surface area contributed by atoms with Crippen LogP contribution in [-0.4, -0.2) is 41.0 Å². The van der Waals surface area contributed by atoms with E-state index in [1.165, 1.54) is 6.92 Å². The molecule has 0 unspecified atom stereocenters. The summed E-state index contributed by atoms with van der Waals surface area (Å²) in [6.45, 7) is 3.10. The predicted octanol–water partition coefficient (Wildman–Crippen LogP) is 0.848. The van der Waals surface area contributed by atoms with Gasteiger partial charge in [-0.05, 0) is 19.4 Å². The first-order chi connectivity index (χ1) is 8.78. The van der Waals surface area contributed by atoms with Crippen LogP contribution in [0.15, 0.2) is 12.4 Å². The molecule has 0 fully saturated rings. The lowest BCUT2D eigenvalue weighted by atomic mass is 10.3. The molecule has 0 aromatic carbocycles. The minimum absolute atomic E-state index is 0.446. The summed E-state index contributed by atoms with van der Waals surface area (Å²) in [5.41, 5.74) is 1.02. The number of amides is 1. The highest BCUT2D eigenvalue weighted by Crippen LogP contribution is 2.12. The minimum atomic E-state index is -4.39. The van der Waals surface area contributed by atoms with E-state index in [0.717, 1.165) is 5.56 Å². The van der Waals surface area contributed by atoms with Gasteiger partial charge in [0.25, 0.3) is 0 Å². The van der Waals surface area contributed by atoms with Crippen molar-refractivity contribution in [2.75, 3.05) is 13.1 Å². The molecule has 0 aliphatic carbocycles. The molecular weight excluding hydrogens is 261 g/mol. The average molecular weight is 278 g/mol. The maximum atomic E-state index is 11.9. The third kappa shape index (κ3) is 6.23. The summed E-state index contributed by atoms with van der Waals surface area (Å²) in [5, 5.41) is 8.72. The van der Waals surface area contributed by atoms with Gasteiger partial charge in [0.15, 0.2) is 0 Å².